The van der Waals surface area contributed by atoms with Crippen LogP contribution in [0, 0.1) is 0 Å². The third-order valence-corrected chi connectivity index (χ3v) is 5.18. The molecule has 3 rings (SSSR count). The van der Waals surface area contributed by atoms with E-state index in [-0.39, 0.29) is 11.5 Å². The first kappa shape index (κ1) is 14.3. The van der Waals surface area contributed by atoms with E-state index < -0.39 is 0 Å². The first-order valence-corrected chi connectivity index (χ1v) is 8.01. The first-order chi connectivity index (χ1) is 10.0. The number of rotatable bonds is 3. The lowest BCUT2D eigenvalue weighted by Gasteiger charge is -2.23. The van der Waals surface area contributed by atoms with Crippen LogP contribution in [0.1, 0.15) is 56.3 Å². The molecule has 110 valence electrons. The van der Waals surface area contributed by atoms with Gasteiger partial charge >= 0.3 is 0 Å². The largest absolute Gasteiger partial charge is 0.324 e. The van der Waals surface area contributed by atoms with Crippen molar-refractivity contribution in [2.24, 2.45) is 5.73 Å². The molecule has 0 amide bonds. The minimum Gasteiger partial charge on any atom is -0.324 e. The van der Waals surface area contributed by atoms with Gasteiger partial charge in [0.05, 0.1) is 0 Å². The molecule has 0 heterocycles. The van der Waals surface area contributed by atoms with Gasteiger partial charge in [-0.1, -0.05) is 63.2 Å². The van der Waals surface area contributed by atoms with E-state index in [4.69, 9.17) is 5.73 Å². The summed E-state index contributed by atoms with van der Waals surface area (Å²) in [6.07, 6.45) is 3.34. The Kier molecular flexibility index (Phi) is 3.62. The zero-order valence-electron chi connectivity index (χ0n) is 13.3. The summed E-state index contributed by atoms with van der Waals surface area (Å²) in [6, 6.07) is 15.9. The highest BCUT2D eigenvalue weighted by molar-refractivity contribution is 5.70. The predicted octanol–water partition coefficient (Wildman–Crippen LogP) is 4.99. The number of nitrogens with two attached hydrogens (primary N) is 1. The van der Waals surface area contributed by atoms with E-state index in [2.05, 4.69) is 63.2 Å². The first-order valence-electron chi connectivity index (χ1n) is 8.01. The summed E-state index contributed by atoms with van der Waals surface area (Å²) < 4.78 is 0. The fourth-order valence-electron chi connectivity index (χ4n) is 3.26. The van der Waals surface area contributed by atoms with Crippen LogP contribution < -0.4 is 5.73 Å². The molecule has 1 nitrogen and oxygen atoms in total. The monoisotopic (exact) mass is 279 g/mol. The van der Waals surface area contributed by atoms with Gasteiger partial charge in [0.2, 0.25) is 0 Å². The minimum atomic E-state index is 0.221. The molecule has 2 N–H and O–H groups in total. The van der Waals surface area contributed by atoms with Crippen molar-refractivity contribution in [2.75, 3.05) is 0 Å². The topological polar surface area (TPSA) is 26.0 Å². The smallest absolute Gasteiger partial charge is 0.0300 e. The SMILES string of the molecule is CCC(C)(C)c1ccc(-c2cccc3c2CCC3N)cc1. The Labute approximate surface area is 128 Å². The van der Waals surface area contributed by atoms with Gasteiger partial charge < -0.3 is 5.73 Å². The van der Waals surface area contributed by atoms with Crippen LogP contribution >= 0.6 is 0 Å². The fourth-order valence-corrected chi connectivity index (χ4v) is 3.26. The van der Waals surface area contributed by atoms with E-state index in [1.807, 2.05) is 0 Å². The molecule has 2 aromatic carbocycles. The van der Waals surface area contributed by atoms with Crippen molar-refractivity contribution in [2.45, 2.75) is 51.5 Å². The second kappa shape index (κ2) is 5.31. The zero-order chi connectivity index (χ0) is 15.0. The van der Waals surface area contributed by atoms with Crippen LogP contribution in [0.25, 0.3) is 11.1 Å². The molecule has 1 atom stereocenters. The Morgan fingerprint density at radius 1 is 1.10 bits per heavy atom. The quantitative estimate of drug-likeness (QED) is 0.841. The average molecular weight is 279 g/mol. The third-order valence-electron chi connectivity index (χ3n) is 5.18. The second-order valence-corrected chi connectivity index (χ2v) is 6.83. The highest BCUT2D eigenvalue weighted by Crippen LogP contribution is 2.37. The lowest BCUT2D eigenvalue weighted by molar-refractivity contribution is 0.506. The predicted molar refractivity (Wildman–Crippen MR) is 90.4 cm³/mol. The van der Waals surface area contributed by atoms with Gasteiger partial charge in [0.25, 0.3) is 0 Å². The summed E-state index contributed by atoms with van der Waals surface area (Å²) in [5.74, 6) is 0. The maximum atomic E-state index is 6.19. The summed E-state index contributed by atoms with van der Waals surface area (Å²) in [5, 5.41) is 0. The summed E-state index contributed by atoms with van der Waals surface area (Å²) in [7, 11) is 0. The van der Waals surface area contributed by atoms with Gasteiger partial charge in [-0.3, -0.25) is 0 Å². The van der Waals surface area contributed by atoms with E-state index in [0.717, 1.165) is 19.3 Å². The summed E-state index contributed by atoms with van der Waals surface area (Å²) in [6.45, 7) is 6.86. The van der Waals surface area contributed by atoms with Gasteiger partial charge in [0.1, 0.15) is 0 Å². The van der Waals surface area contributed by atoms with Crippen LogP contribution in [0.3, 0.4) is 0 Å². The fraction of sp³-hybridized carbons (Fsp3) is 0.400. The maximum Gasteiger partial charge on any atom is 0.0300 e. The highest BCUT2D eigenvalue weighted by Gasteiger charge is 2.22. The van der Waals surface area contributed by atoms with E-state index in [0.29, 0.717) is 0 Å². The molecular formula is C20H25N. The normalized spacial score (nSPS) is 17.8. The van der Waals surface area contributed by atoms with Crippen LogP contribution in [-0.4, -0.2) is 0 Å². The van der Waals surface area contributed by atoms with Crippen LogP contribution in [0.2, 0.25) is 0 Å². The van der Waals surface area contributed by atoms with Gasteiger partial charge in [-0.2, -0.15) is 0 Å². The number of hydrogen-bond acceptors (Lipinski definition) is 1. The van der Waals surface area contributed by atoms with E-state index in [1.54, 1.807) is 0 Å². The van der Waals surface area contributed by atoms with Gasteiger partial charge in [-0.05, 0) is 52.5 Å². The molecule has 0 spiro atoms. The molecule has 21 heavy (non-hydrogen) atoms. The second-order valence-electron chi connectivity index (χ2n) is 6.83. The van der Waals surface area contributed by atoms with Crippen molar-refractivity contribution in [1.29, 1.82) is 0 Å². The van der Waals surface area contributed by atoms with Gasteiger partial charge in [-0.25, -0.2) is 0 Å². The van der Waals surface area contributed by atoms with E-state index >= 15 is 0 Å². The van der Waals surface area contributed by atoms with Gasteiger partial charge in [0.15, 0.2) is 0 Å². The maximum absolute atomic E-state index is 6.19. The molecule has 1 unspecified atom stereocenters. The molecule has 1 aliphatic rings. The number of hydrogen-bond donors (Lipinski definition) is 1. The van der Waals surface area contributed by atoms with Crippen molar-refractivity contribution in [3.8, 4) is 11.1 Å². The van der Waals surface area contributed by atoms with Crippen LogP contribution in [0.15, 0.2) is 42.5 Å². The summed E-state index contributed by atoms with van der Waals surface area (Å²) >= 11 is 0. The lowest BCUT2D eigenvalue weighted by atomic mass is 9.81. The van der Waals surface area contributed by atoms with Crippen molar-refractivity contribution in [3.63, 3.8) is 0 Å². The van der Waals surface area contributed by atoms with Crippen LogP contribution in [-0.2, 0) is 11.8 Å². The molecule has 0 radical (unpaired) electrons. The molecule has 0 aromatic heterocycles. The zero-order valence-corrected chi connectivity index (χ0v) is 13.3. The van der Waals surface area contributed by atoms with Crippen molar-refractivity contribution in [1.82, 2.24) is 0 Å². The van der Waals surface area contributed by atoms with Crippen LogP contribution in [0.5, 0.6) is 0 Å². The van der Waals surface area contributed by atoms with Gasteiger partial charge in [0, 0.05) is 6.04 Å². The Balaban J connectivity index is 2.00. The van der Waals surface area contributed by atoms with Crippen molar-refractivity contribution >= 4 is 0 Å². The Morgan fingerprint density at radius 2 is 1.81 bits per heavy atom. The molecule has 0 saturated carbocycles. The lowest BCUT2D eigenvalue weighted by Crippen LogP contribution is -2.14. The summed E-state index contributed by atoms with van der Waals surface area (Å²) in [5.41, 5.74) is 13.3. The van der Waals surface area contributed by atoms with E-state index in [9.17, 15) is 0 Å². The number of fused-ring (bicyclic) bond motifs is 1. The molecule has 1 aliphatic carbocycles. The molecule has 0 saturated heterocycles. The summed E-state index contributed by atoms with van der Waals surface area (Å²) in [4.78, 5) is 0. The Morgan fingerprint density at radius 3 is 2.48 bits per heavy atom. The molecule has 0 aliphatic heterocycles. The van der Waals surface area contributed by atoms with Crippen molar-refractivity contribution < 1.29 is 0 Å². The molecule has 1 heteroatoms. The van der Waals surface area contributed by atoms with Crippen LogP contribution in [0.4, 0.5) is 0 Å². The molecule has 0 fully saturated rings. The molecular weight excluding hydrogens is 254 g/mol. The third kappa shape index (κ3) is 2.51. The number of benzene rings is 2. The Bertz CT molecular complexity index is 637. The average Bonchev–Trinajstić information content (AvgIpc) is 2.89. The van der Waals surface area contributed by atoms with Crippen molar-refractivity contribution in [3.05, 3.63) is 59.2 Å². The standard InChI is InChI=1S/C20H25N/c1-4-20(2,3)15-10-8-14(9-11-15)16-6-5-7-18-17(16)12-13-19(18)21/h5-11,19H,4,12-13,21H2,1-3H3. The van der Waals surface area contributed by atoms with E-state index in [1.165, 1.54) is 27.8 Å². The highest BCUT2D eigenvalue weighted by atomic mass is 14.6. The molecule has 0 bridgehead atoms. The van der Waals surface area contributed by atoms with Gasteiger partial charge in [-0.15, -0.1) is 0 Å². The Hall–Kier alpha value is -1.60. The minimum absolute atomic E-state index is 0.221. The molecule has 2 aromatic rings.